The van der Waals surface area contributed by atoms with E-state index >= 15 is 0 Å². The van der Waals surface area contributed by atoms with Gasteiger partial charge in [-0.3, -0.25) is 14.5 Å². The van der Waals surface area contributed by atoms with Gasteiger partial charge in [-0.05, 0) is 56.4 Å². The molecule has 35 heavy (non-hydrogen) atoms. The Balaban J connectivity index is 1.60. The molecule has 0 spiro atoms. The first-order valence-electron chi connectivity index (χ1n) is 11.7. The van der Waals surface area contributed by atoms with Crippen LogP contribution in [0.25, 0.3) is 0 Å². The Hall–Kier alpha value is -3.53. The number of ether oxygens (including phenoxy) is 1. The van der Waals surface area contributed by atoms with Crippen molar-refractivity contribution in [2.75, 3.05) is 13.1 Å². The summed E-state index contributed by atoms with van der Waals surface area (Å²) in [5.41, 5.74) is 5.71. The van der Waals surface area contributed by atoms with E-state index in [4.69, 9.17) is 10.5 Å². The maximum Gasteiger partial charge on any atom is 0.417 e. The minimum absolute atomic E-state index is 0.0798. The summed E-state index contributed by atoms with van der Waals surface area (Å²) in [7, 11) is 0. The highest BCUT2D eigenvalue weighted by atomic mass is 19.1. The summed E-state index contributed by atoms with van der Waals surface area (Å²) in [6.07, 6.45) is 1.07. The van der Waals surface area contributed by atoms with Gasteiger partial charge in [-0.1, -0.05) is 18.2 Å². The first-order valence-corrected chi connectivity index (χ1v) is 11.7. The molecule has 3 amide bonds. The maximum absolute atomic E-state index is 13.8. The lowest BCUT2D eigenvalue weighted by molar-refractivity contribution is -0.133. The van der Waals surface area contributed by atoms with Gasteiger partial charge in [0.2, 0.25) is 0 Å². The summed E-state index contributed by atoms with van der Waals surface area (Å²) in [6, 6.07) is 10.8. The van der Waals surface area contributed by atoms with E-state index in [-0.39, 0.29) is 36.5 Å². The van der Waals surface area contributed by atoms with E-state index in [1.807, 2.05) is 0 Å². The van der Waals surface area contributed by atoms with Crippen LogP contribution >= 0.6 is 0 Å². The quantitative estimate of drug-likeness (QED) is 0.691. The van der Waals surface area contributed by atoms with Crippen LogP contribution in [0.4, 0.5) is 13.6 Å². The predicted molar refractivity (Wildman–Crippen MR) is 123 cm³/mol. The van der Waals surface area contributed by atoms with Gasteiger partial charge in [-0.2, -0.15) is 0 Å². The molecule has 0 aromatic heterocycles. The predicted octanol–water partition coefficient (Wildman–Crippen LogP) is 3.02. The highest BCUT2D eigenvalue weighted by Gasteiger charge is 2.42. The second-order valence-electron chi connectivity index (χ2n) is 8.88. The standard InChI is InChI=1S/C25H28F2N4O4/c26-17-13-16(14-18(27)15-17)24(33)30-11-4-12-31(25(34)35-21-5-2-1-3-6-21)23(30)22(32)29-20-9-7-19(28)8-10-20/h1-3,5-6,13-15,19-20,23H,4,7-12,28H2,(H,29,32). The van der Waals surface area contributed by atoms with Crippen molar-refractivity contribution in [1.29, 1.82) is 0 Å². The third-order valence-electron chi connectivity index (χ3n) is 6.29. The monoisotopic (exact) mass is 486 g/mol. The minimum Gasteiger partial charge on any atom is -0.410 e. The topological polar surface area (TPSA) is 105 Å². The minimum atomic E-state index is -1.34. The summed E-state index contributed by atoms with van der Waals surface area (Å²) in [5, 5.41) is 2.93. The highest BCUT2D eigenvalue weighted by molar-refractivity contribution is 5.98. The molecule has 2 aromatic carbocycles. The van der Waals surface area contributed by atoms with Gasteiger partial charge in [0, 0.05) is 36.8 Å². The van der Waals surface area contributed by atoms with Gasteiger partial charge in [0.25, 0.3) is 11.8 Å². The van der Waals surface area contributed by atoms with Crippen LogP contribution in [-0.4, -0.2) is 59.0 Å². The molecule has 1 atom stereocenters. The van der Waals surface area contributed by atoms with Crippen LogP contribution in [0.15, 0.2) is 48.5 Å². The van der Waals surface area contributed by atoms with Crippen molar-refractivity contribution in [2.24, 2.45) is 5.73 Å². The van der Waals surface area contributed by atoms with Gasteiger partial charge in [-0.25, -0.2) is 13.6 Å². The van der Waals surface area contributed by atoms with Crippen LogP contribution < -0.4 is 15.8 Å². The SMILES string of the molecule is NC1CCC(NC(=O)C2N(C(=O)Oc3ccccc3)CCCN2C(=O)c2cc(F)cc(F)c2)CC1. The Bertz CT molecular complexity index is 1060. The fraction of sp³-hybridized carbons (Fsp3) is 0.400. The number of benzene rings is 2. The zero-order chi connectivity index (χ0) is 24.9. The molecule has 1 saturated carbocycles. The molecule has 0 radical (unpaired) electrons. The zero-order valence-electron chi connectivity index (χ0n) is 19.2. The molecule has 2 aromatic rings. The lowest BCUT2D eigenvalue weighted by Gasteiger charge is -2.42. The number of rotatable bonds is 4. The molecule has 186 valence electrons. The first kappa shape index (κ1) is 24.6. The summed E-state index contributed by atoms with van der Waals surface area (Å²) in [6.45, 7) is 0.292. The van der Waals surface area contributed by atoms with E-state index in [0.29, 0.717) is 25.3 Å². The molecule has 8 nitrogen and oxygen atoms in total. The van der Waals surface area contributed by atoms with Gasteiger partial charge in [-0.15, -0.1) is 0 Å². The molecule has 10 heteroatoms. The van der Waals surface area contributed by atoms with Crippen molar-refractivity contribution in [3.05, 3.63) is 65.7 Å². The van der Waals surface area contributed by atoms with Gasteiger partial charge < -0.3 is 20.7 Å². The number of carbonyl (C=O) groups is 3. The van der Waals surface area contributed by atoms with E-state index < -0.39 is 35.7 Å². The highest BCUT2D eigenvalue weighted by Crippen LogP contribution is 2.23. The summed E-state index contributed by atoms with van der Waals surface area (Å²) < 4.78 is 33.1. The molecule has 1 heterocycles. The van der Waals surface area contributed by atoms with Crippen LogP contribution in [-0.2, 0) is 4.79 Å². The number of hydrogen-bond acceptors (Lipinski definition) is 5. The number of halogens is 2. The molecule has 2 fully saturated rings. The van der Waals surface area contributed by atoms with E-state index in [2.05, 4.69) is 5.32 Å². The average molecular weight is 487 g/mol. The Morgan fingerprint density at radius 3 is 2.20 bits per heavy atom. The molecule has 1 unspecified atom stereocenters. The second kappa shape index (κ2) is 10.8. The van der Waals surface area contributed by atoms with Crippen molar-refractivity contribution in [3.63, 3.8) is 0 Å². The molecule has 1 aliphatic heterocycles. The Labute approximate surface area is 202 Å². The largest absolute Gasteiger partial charge is 0.417 e. The molecular weight excluding hydrogens is 458 g/mol. The van der Waals surface area contributed by atoms with Crippen LogP contribution in [0.2, 0.25) is 0 Å². The van der Waals surface area contributed by atoms with Crippen molar-refractivity contribution in [3.8, 4) is 5.75 Å². The Morgan fingerprint density at radius 2 is 1.54 bits per heavy atom. The van der Waals surface area contributed by atoms with Crippen LogP contribution in [0.5, 0.6) is 5.75 Å². The third kappa shape index (κ3) is 5.94. The lowest BCUT2D eigenvalue weighted by Crippen LogP contribution is -2.65. The van der Waals surface area contributed by atoms with Gasteiger partial charge >= 0.3 is 6.09 Å². The molecule has 0 bridgehead atoms. The fourth-order valence-electron chi connectivity index (χ4n) is 4.54. The normalized spacial score (nSPS) is 22.4. The Kier molecular flexibility index (Phi) is 7.60. The number of hydrogen-bond donors (Lipinski definition) is 2. The zero-order valence-corrected chi connectivity index (χ0v) is 19.2. The van der Waals surface area contributed by atoms with Gasteiger partial charge in [0.1, 0.15) is 17.4 Å². The van der Waals surface area contributed by atoms with Crippen molar-refractivity contribution < 1.29 is 27.9 Å². The summed E-state index contributed by atoms with van der Waals surface area (Å²) in [5.74, 6) is -2.85. The number of amides is 3. The average Bonchev–Trinajstić information content (AvgIpc) is 2.84. The molecule has 1 aliphatic carbocycles. The molecule has 1 saturated heterocycles. The number of nitrogens with one attached hydrogen (secondary N) is 1. The molecular formula is C25H28F2N4O4. The van der Waals surface area contributed by atoms with E-state index in [1.54, 1.807) is 30.3 Å². The molecule has 2 aliphatic rings. The van der Waals surface area contributed by atoms with Crippen molar-refractivity contribution >= 4 is 17.9 Å². The van der Waals surface area contributed by atoms with Gasteiger partial charge in [0.15, 0.2) is 6.17 Å². The smallest absolute Gasteiger partial charge is 0.410 e. The second-order valence-corrected chi connectivity index (χ2v) is 8.88. The summed E-state index contributed by atoms with van der Waals surface area (Å²) in [4.78, 5) is 42.2. The number of nitrogens with two attached hydrogens (primary N) is 1. The van der Waals surface area contributed by atoms with Crippen LogP contribution in [0.1, 0.15) is 42.5 Å². The van der Waals surface area contributed by atoms with E-state index in [1.165, 1.54) is 4.90 Å². The van der Waals surface area contributed by atoms with Crippen LogP contribution in [0, 0.1) is 11.6 Å². The first-order chi connectivity index (χ1) is 16.8. The fourth-order valence-corrected chi connectivity index (χ4v) is 4.54. The van der Waals surface area contributed by atoms with Crippen molar-refractivity contribution in [1.82, 2.24) is 15.1 Å². The number of para-hydroxylation sites is 1. The third-order valence-corrected chi connectivity index (χ3v) is 6.29. The molecule has 4 rings (SSSR count). The number of nitrogens with zero attached hydrogens (tertiary/aromatic N) is 2. The number of carbonyl (C=O) groups excluding carboxylic acids is 3. The van der Waals surface area contributed by atoms with Crippen LogP contribution in [0.3, 0.4) is 0 Å². The molecule has 3 N–H and O–H groups in total. The van der Waals surface area contributed by atoms with E-state index in [0.717, 1.165) is 29.9 Å². The summed E-state index contributed by atoms with van der Waals surface area (Å²) >= 11 is 0. The maximum atomic E-state index is 13.8. The lowest BCUT2D eigenvalue weighted by atomic mass is 9.91. The van der Waals surface area contributed by atoms with E-state index in [9.17, 15) is 23.2 Å². The van der Waals surface area contributed by atoms with Gasteiger partial charge in [0.05, 0.1) is 0 Å². The Morgan fingerprint density at radius 1 is 0.914 bits per heavy atom. The van der Waals surface area contributed by atoms with Crippen molar-refractivity contribution in [2.45, 2.75) is 50.4 Å².